The molecule has 7 nitrogen and oxygen atoms in total. The Morgan fingerprint density at radius 2 is 1.53 bits per heavy atom. The van der Waals surface area contributed by atoms with Crippen LogP contribution < -0.4 is 14.2 Å². The highest BCUT2D eigenvalue weighted by Crippen LogP contribution is 2.31. The maximum Gasteiger partial charge on any atom is 0.242 e. The Hall–Kier alpha value is -2.84. The highest BCUT2D eigenvalue weighted by Gasteiger charge is 2.28. The molecule has 0 radical (unpaired) electrons. The van der Waals surface area contributed by atoms with Gasteiger partial charge in [-0.1, -0.05) is 17.7 Å². The van der Waals surface area contributed by atoms with E-state index >= 15 is 0 Å². The van der Waals surface area contributed by atoms with Crippen LogP contribution in [0.3, 0.4) is 0 Å². The van der Waals surface area contributed by atoms with E-state index in [2.05, 4.69) is 9.71 Å². The molecule has 3 aromatic rings. The summed E-state index contributed by atoms with van der Waals surface area (Å²) in [7, 11) is 1.08. The molecule has 0 aliphatic heterocycles. The molecule has 2 aromatic carbocycles. The van der Waals surface area contributed by atoms with E-state index < -0.39 is 16.1 Å². The summed E-state index contributed by atoms with van der Waals surface area (Å²) in [6, 6.07) is 8.29. The highest BCUT2D eigenvalue weighted by molar-refractivity contribution is 7.89. The summed E-state index contributed by atoms with van der Waals surface area (Å²) in [6.45, 7) is 5.56. The zero-order chi connectivity index (χ0) is 22.1. The van der Waals surface area contributed by atoms with Crippen LogP contribution in [-0.4, -0.2) is 32.2 Å². The topological polar surface area (TPSA) is 82.4 Å². The lowest BCUT2D eigenvalue weighted by atomic mass is 10.1. The fourth-order valence-electron chi connectivity index (χ4n) is 3.73. The molecule has 1 aromatic heterocycles. The predicted molar refractivity (Wildman–Crippen MR) is 116 cm³/mol. The molecule has 0 spiro atoms. The molecule has 30 heavy (non-hydrogen) atoms. The lowest BCUT2D eigenvalue weighted by Gasteiger charge is -2.22. The van der Waals surface area contributed by atoms with Gasteiger partial charge in [0.1, 0.15) is 23.4 Å². The van der Waals surface area contributed by atoms with Gasteiger partial charge in [0.05, 0.1) is 19.1 Å². The number of ether oxygens (including phenoxy) is 2. The van der Waals surface area contributed by atoms with Gasteiger partial charge >= 0.3 is 0 Å². The van der Waals surface area contributed by atoms with Crippen LogP contribution >= 0.6 is 0 Å². The number of imidazole rings is 1. The van der Waals surface area contributed by atoms with Crippen molar-refractivity contribution >= 4 is 10.0 Å². The summed E-state index contributed by atoms with van der Waals surface area (Å²) in [4.78, 5) is 4.67. The van der Waals surface area contributed by atoms with Crippen LogP contribution in [0.2, 0.25) is 0 Å². The first kappa shape index (κ1) is 21.9. The molecule has 0 amide bonds. The van der Waals surface area contributed by atoms with E-state index in [4.69, 9.17) is 9.47 Å². The van der Waals surface area contributed by atoms with E-state index in [9.17, 15) is 8.42 Å². The van der Waals surface area contributed by atoms with Gasteiger partial charge in [0.25, 0.3) is 0 Å². The fourth-order valence-corrected chi connectivity index (χ4v) is 5.36. The number of aromatic nitrogens is 2. The number of nitrogens with zero attached hydrogens (tertiary/aromatic N) is 2. The predicted octanol–water partition coefficient (Wildman–Crippen LogP) is 3.43. The first-order chi connectivity index (χ1) is 14.2. The Labute approximate surface area is 177 Å². The standard InChI is InChI=1S/C22H27N3O4S/c1-14-9-15(2)21(16(3)10-14)30(26,27)24-20(22-23-7-8-25(22)4)17-11-18(28-5)13-19(12-17)29-6/h7-13,20,24H,1-6H3/t20-/m1/s1. The maximum atomic E-state index is 13.5. The van der Waals surface area contributed by atoms with E-state index in [0.717, 1.165) is 5.56 Å². The third kappa shape index (κ3) is 4.34. The van der Waals surface area contributed by atoms with Crippen LogP contribution in [0.25, 0.3) is 0 Å². The molecule has 0 aliphatic rings. The number of methoxy groups -OCH3 is 2. The van der Waals surface area contributed by atoms with Gasteiger partial charge in [-0.25, -0.2) is 13.4 Å². The first-order valence-corrected chi connectivity index (χ1v) is 10.9. The second kappa shape index (κ2) is 8.49. The van der Waals surface area contributed by atoms with Gasteiger partial charge in [0.15, 0.2) is 0 Å². The zero-order valence-electron chi connectivity index (χ0n) is 18.1. The number of sulfonamides is 1. The second-order valence-electron chi connectivity index (χ2n) is 7.32. The highest BCUT2D eigenvalue weighted by atomic mass is 32.2. The van der Waals surface area contributed by atoms with Crippen LogP contribution in [0, 0.1) is 20.8 Å². The van der Waals surface area contributed by atoms with Crippen molar-refractivity contribution in [1.82, 2.24) is 14.3 Å². The molecule has 0 saturated heterocycles. The van der Waals surface area contributed by atoms with Crippen molar-refractivity contribution in [1.29, 1.82) is 0 Å². The largest absolute Gasteiger partial charge is 0.497 e. The monoisotopic (exact) mass is 429 g/mol. The van der Waals surface area contributed by atoms with Crippen LogP contribution in [0.1, 0.15) is 34.1 Å². The Morgan fingerprint density at radius 1 is 0.967 bits per heavy atom. The summed E-state index contributed by atoms with van der Waals surface area (Å²) in [6.07, 6.45) is 3.41. The molecule has 3 rings (SSSR count). The minimum atomic E-state index is -3.85. The number of aryl methyl sites for hydroxylation is 4. The molecular formula is C22H27N3O4S. The Bertz CT molecular complexity index is 1120. The molecule has 0 saturated carbocycles. The van der Waals surface area contributed by atoms with Gasteiger partial charge < -0.3 is 14.0 Å². The van der Waals surface area contributed by atoms with Crippen molar-refractivity contribution < 1.29 is 17.9 Å². The minimum Gasteiger partial charge on any atom is -0.497 e. The lowest BCUT2D eigenvalue weighted by Crippen LogP contribution is -2.32. The summed E-state index contributed by atoms with van der Waals surface area (Å²) in [5.41, 5.74) is 3.07. The molecule has 0 bridgehead atoms. The van der Waals surface area contributed by atoms with Gasteiger partial charge in [-0.05, 0) is 49.6 Å². The number of rotatable bonds is 7. The van der Waals surface area contributed by atoms with Crippen molar-refractivity contribution in [3.05, 3.63) is 70.8 Å². The molecule has 8 heteroatoms. The Balaban J connectivity index is 2.15. The van der Waals surface area contributed by atoms with Crippen molar-refractivity contribution in [3.8, 4) is 11.5 Å². The quantitative estimate of drug-likeness (QED) is 0.622. The number of hydrogen-bond donors (Lipinski definition) is 1. The van der Waals surface area contributed by atoms with Crippen LogP contribution in [0.5, 0.6) is 11.5 Å². The maximum absolute atomic E-state index is 13.5. The van der Waals surface area contributed by atoms with Crippen LogP contribution in [0.15, 0.2) is 47.6 Å². The molecule has 160 valence electrons. The third-order valence-corrected chi connectivity index (χ3v) is 6.70. The third-order valence-electron chi connectivity index (χ3n) is 4.97. The summed E-state index contributed by atoms with van der Waals surface area (Å²) >= 11 is 0. The SMILES string of the molecule is COc1cc(OC)cc([C@@H](NS(=O)(=O)c2c(C)cc(C)cc2C)c2nccn2C)c1. The molecule has 1 heterocycles. The smallest absolute Gasteiger partial charge is 0.242 e. The number of benzene rings is 2. The lowest BCUT2D eigenvalue weighted by molar-refractivity contribution is 0.392. The molecule has 1 N–H and O–H groups in total. The average Bonchev–Trinajstić information content (AvgIpc) is 3.10. The molecule has 0 aliphatic carbocycles. The van der Waals surface area contributed by atoms with Gasteiger partial charge in [-0.2, -0.15) is 4.72 Å². The Kier molecular flexibility index (Phi) is 6.19. The van der Waals surface area contributed by atoms with Crippen molar-refractivity contribution in [2.45, 2.75) is 31.7 Å². The van der Waals surface area contributed by atoms with E-state index in [-0.39, 0.29) is 4.90 Å². The minimum absolute atomic E-state index is 0.280. The summed E-state index contributed by atoms with van der Waals surface area (Å²) in [5, 5.41) is 0. The van der Waals surface area contributed by atoms with E-state index in [1.807, 2.05) is 26.1 Å². The van der Waals surface area contributed by atoms with Crippen molar-refractivity contribution in [3.63, 3.8) is 0 Å². The second-order valence-corrected chi connectivity index (χ2v) is 8.98. The van der Waals surface area contributed by atoms with E-state index in [0.29, 0.717) is 34.0 Å². The molecular weight excluding hydrogens is 402 g/mol. The molecule has 1 atom stereocenters. The van der Waals surface area contributed by atoms with E-state index in [1.165, 1.54) is 0 Å². The van der Waals surface area contributed by atoms with Crippen molar-refractivity contribution in [2.24, 2.45) is 7.05 Å². The average molecular weight is 430 g/mol. The van der Waals surface area contributed by atoms with Crippen LogP contribution in [-0.2, 0) is 17.1 Å². The molecule has 0 fully saturated rings. The number of nitrogens with one attached hydrogen (secondary N) is 1. The zero-order valence-corrected chi connectivity index (χ0v) is 18.9. The first-order valence-electron chi connectivity index (χ1n) is 9.46. The number of hydrogen-bond acceptors (Lipinski definition) is 5. The molecule has 0 unspecified atom stereocenters. The Morgan fingerprint density at radius 3 is 2.00 bits per heavy atom. The fraction of sp³-hybridized carbons (Fsp3) is 0.318. The summed E-state index contributed by atoms with van der Waals surface area (Å²) in [5.74, 6) is 1.67. The normalized spacial score (nSPS) is 12.6. The van der Waals surface area contributed by atoms with Gasteiger partial charge in [0.2, 0.25) is 10.0 Å². The van der Waals surface area contributed by atoms with Gasteiger partial charge in [-0.15, -0.1) is 0 Å². The summed E-state index contributed by atoms with van der Waals surface area (Å²) < 4.78 is 42.3. The van der Waals surface area contributed by atoms with Gasteiger partial charge in [0, 0.05) is 25.5 Å². The van der Waals surface area contributed by atoms with E-state index in [1.54, 1.807) is 63.2 Å². The van der Waals surface area contributed by atoms with Gasteiger partial charge in [-0.3, -0.25) is 0 Å². The van der Waals surface area contributed by atoms with Crippen molar-refractivity contribution in [2.75, 3.05) is 14.2 Å². The van der Waals surface area contributed by atoms with Crippen LogP contribution in [0.4, 0.5) is 0 Å².